The molecule has 4 rings (SSSR count). The number of nitrogens with one attached hydrogen (secondary N) is 1. The zero-order chi connectivity index (χ0) is 17.3. The Kier molecular flexibility index (Phi) is 4.54. The van der Waals surface area contributed by atoms with Gasteiger partial charge in [0, 0.05) is 51.6 Å². The van der Waals surface area contributed by atoms with Crippen LogP contribution in [0, 0.1) is 5.41 Å². The Morgan fingerprint density at radius 1 is 1.32 bits per heavy atom. The number of hydrogen-bond acceptors (Lipinski definition) is 3. The molecule has 6 nitrogen and oxygen atoms in total. The van der Waals surface area contributed by atoms with Crippen molar-refractivity contribution in [2.75, 3.05) is 32.8 Å². The fourth-order valence-corrected chi connectivity index (χ4v) is 4.53. The van der Waals surface area contributed by atoms with Crippen molar-refractivity contribution in [1.29, 1.82) is 0 Å². The largest absolute Gasteiger partial charge is 0.376 e. The second kappa shape index (κ2) is 6.83. The molecule has 0 radical (unpaired) electrons. The topological polar surface area (TPSA) is 65.6 Å². The van der Waals surface area contributed by atoms with Crippen molar-refractivity contribution in [1.82, 2.24) is 14.8 Å². The summed E-state index contributed by atoms with van der Waals surface area (Å²) in [4.78, 5) is 31.8. The van der Waals surface area contributed by atoms with Gasteiger partial charge in [-0.1, -0.05) is 0 Å². The number of piperidine rings is 2. The summed E-state index contributed by atoms with van der Waals surface area (Å²) in [7, 11) is 0. The molecule has 0 aromatic carbocycles. The molecule has 1 N–H and O–H groups in total. The van der Waals surface area contributed by atoms with E-state index in [-0.39, 0.29) is 23.3 Å². The molecule has 1 spiro atoms. The van der Waals surface area contributed by atoms with Crippen LogP contribution < -0.4 is 0 Å². The van der Waals surface area contributed by atoms with E-state index in [0.717, 1.165) is 70.5 Å². The molecule has 6 heteroatoms. The number of aromatic amines is 1. The quantitative estimate of drug-likeness (QED) is 0.912. The first-order valence-electron chi connectivity index (χ1n) is 9.47. The summed E-state index contributed by atoms with van der Waals surface area (Å²) in [6.45, 7) is 3.97. The van der Waals surface area contributed by atoms with E-state index in [1.807, 2.05) is 15.9 Å². The fraction of sp³-hybridized carbons (Fsp3) is 0.684. The van der Waals surface area contributed by atoms with Crippen LogP contribution in [0.15, 0.2) is 18.5 Å². The third-order valence-electron chi connectivity index (χ3n) is 6.15. The molecule has 0 saturated carbocycles. The lowest BCUT2D eigenvalue weighted by atomic mass is 9.72. The highest BCUT2D eigenvalue weighted by Crippen LogP contribution is 2.40. The van der Waals surface area contributed by atoms with Crippen LogP contribution in [-0.2, 0) is 9.53 Å². The van der Waals surface area contributed by atoms with Gasteiger partial charge in [-0.15, -0.1) is 0 Å². The first-order chi connectivity index (χ1) is 12.2. The molecule has 3 saturated heterocycles. The Hall–Kier alpha value is -1.82. The van der Waals surface area contributed by atoms with Gasteiger partial charge in [-0.25, -0.2) is 0 Å². The highest BCUT2D eigenvalue weighted by Gasteiger charge is 2.42. The molecule has 0 bridgehead atoms. The predicted octanol–water partition coefficient (Wildman–Crippen LogP) is 2.04. The Morgan fingerprint density at radius 2 is 2.16 bits per heavy atom. The molecule has 0 aliphatic carbocycles. The molecule has 2 amide bonds. The molecule has 1 aromatic heterocycles. The van der Waals surface area contributed by atoms with Crippen LogP contribution in [0.25, 0.3) is 0 Å². The van der Waals surface area contributed by atoms with Crippen LogP contribution in [-0.4, -0.2) is 65.5 Å². The fourth-order valence-electron chi connectivity index (χ4n) is 4.53. The van der Waals surface area contributed by atoms with Crippen molar-refractivity contribution in [2.24, 2.45) is 5.41 Å². The number of H-pyrrole nitrogens is 1. The highest BCUT2D eigenvalue weighted by molar-refractivity contribution is 5.94. The number of ether oxygens (including phenoxy) is 1. The second-order valence-corrected chi connectivity index (χ2v) is 7.80. The monoisotopic (exact) mass is 345 g/mol. The highest BCUT2D eigenvalue weighted by atomic mass is 16.5. The summed E-state index contributed by atoms with van der Waals surface area (Å²) in [6, 6.07) is 1.83. The van der Waals surface area contributed by atoms with Crippen LogP contribution in [0.3, 0.4) is 0 Å². The van der Waals surface area contributed by atoms with Crippen molar-refractivity contribution in [3.05, 3.63) is 24.0 Å². The van der Waals surface area contributed by atoms with Gasteiger partial charge in [0.05, 0.1) is 11.7 Å². The second-order valence-electron chi connectivity index (χ2n) is 7.80. The summed E-state index contributed by atoms with van der Waals surface area (Å²) in [6.07, 6.45) is 9.50. The molecule has 1 aromatic rings. The number of carbonyl (C=O) groups is 2. The minimum atomic E-state index is 0.110. The molecule has 1 atom stereocenters. The number of aromatic nitrogens is 1. The lowest BCUT2D eigenvalue weighted by Gasteiger charge is -2.47. The van der Waals surface area contributed by atoms with E-state index in [0.29, 0.717) is 6.42 Å². The Morgan fingerprint density at radius 3 is 2.84 bits per heavy atom. The molecule has 3 aliphatic rings. The number of carbonyl (C=O) groups excluding carboxylic acids is 2. The van der Waals surface area contributed by atoms with Gasteiger partial charge in [0.2, 0.25) is 5.91 Å². The van der Waals surface area contributed by atoms with E-state index in [1.165, 1.54) is 0 Å². The Bertz CT molecular complexity index is 614. The third-order valence-corrected chi connectivity index (χ3v) is 6.15. The van der Waals surface area contributed by atoms with Gasteiger partial charge >= 0.3 is 0 Å². The van der Waals surface area contributed by atoms with E-state index < -0.39 is 0 Å². The molecular formula is C19H27N3O3. The zero-order valence-electron chi connectivity index (χ0n) is 14.7. The number of hydrogen-bond donors (Lipinski definition) is 1. The number of likely N-dealkylation sites (tertiary alicyclic amines) is 2. The lowest BCUT2D eigenvalue weighted by Crippen LogP contribution is -2.53. The first kappa shape index (κ1) is 16.6. The van der Waals surface area contributed by atoms with Gasteiger partial charge in [0.1, 0.15) is 0 Å². The zero-order valence-corrected chi connectivity index (χ0v) is 14.7. The first-order valence-corrected chi connectivity index (χ1v) is 9.47. The van der Waals surface area contributed by atoms with Crippen LogP contribution in [0.2, 0.25) is 0 Å². The van der Waals surface area contributed by atoms with Crippen molar-refractivity contribution in [3.63, 3.8) is 0 Å². The van der Waals surface area contributed by atoms with E-state index >= 15 is 0 Å². The van der Waals surface area contributed by atoms with Gasteiger partial charge in [-0.2, -0.15) is 0 Å². The van der Waals surface area contributed by atoms with Gasteiger partial charge in [0.25, 0.3) is 5.91 Å². The van der Waals surface area contributed by atoms with Gasteiger partial charge < -0.3 is 19.5 Å². The maximum atomic E-state index is 12.5. The smallest absolute Gasteiger partial charge is 0.255 e. The maximum Gasteiger partial charge on any atom is 0.255 e. The number of rotatable bonds is 3. The van der Waals surface area contributed by atoms with Crippen LogP contribution in [0.1, 0.15) is 48.9 Å². The molecule has 25 heavy (non-hydrogen) atoms. The standard InChI is InChI=1S/C19H27N3O3/c23-17-3-5-19(14-22(17)13-16-2-1-11-25-16)6-9-21(10-7-19)18(24)15-4-8-20-12-15/h4,8,12,16,20H,1-3,5-7,9-11,13-14H2/t16-/m0/s1. The molecule has 3 fully saturated rings. The number of nitrogens with zero attached hydrogens (tertiary/aromatic N) is 2. The normalized spacial score (nSPS) is 26.4. The minimum Gasteiger partial charge on any atom is -0.376 e. The van der Waals surface area contributed by atoms with Crippen LogP contribution >= 0.6 is 0 Å². The summed E-state index contributed by atoms with van der Waals surface area (Å²) in [5, 5.41) is 0. The summed E-state index contributed by atoms with van der Waals surface area (Å²) < 4.78 is 5.72. The SMILES string of the molecule is O=C1CCC2(CCN(C(=O)c3cc[nH]c3)CC2)CN1C[C@@H]1CCCO1. The molecule has 0 unspecified atom stereocenters. The van der Waals surface area contributed by atoms with E-state index in [2.05, 4.69) is 4.98 Å². The Labute approximate surface area is 148 Å². The van der Waals surface area contributed by atoms with E-state index in [4.69, 9.17) is 4.74 Å². The van der Waals surface area contributed by atoms with E-state index in [9.17, 15) is 9.59 Å². The van der Waals surface area contributed by atoms with Crippen LogP contribution in [0.4, 0.5) is 0 Å². The lowest BCUT2D eigenvalue weighted by molar-refractivity contribution is -0.141. The average Bonchev–Trinajstić information content (AvgIpc) is 3.32. The van der Waals surface area contributed by atoms with E-state index in [1.54, 1.807) is 12.4 Å². The molecule has 4 heterocycles. The van der Waals surface area contributed by atoms with Gasteiger partial charge in [-0.05, 0) is 43.6 Å². The third kappa shape index (κ3) is 3.45. The van der Waals surface area contributed by atoms with Crippen molar-refractivity contribution in [3.8, 4) is 0 Å². The van der Waals surface area contributed by atoms with Gasteiger partial charge in [-0.3, -0.25) is 9.59 Å². The molecular weight excluding hydrogens is 318 g/mol. The summed E-state index contributed by atoms with van der Waals surface area (Å²) in [5.41, 5.74) is 0.913. The average molecular weight is 345 g/mol. The molecule has 3 aliphatic heterocycles. The predicted molar refractivity (Wildman–Crippen MR) is 93.2 cm³/mol. The minimum absolute atomic E-state index is 0.110. The van der Waals surface area contributed by atoms with Crippen LogP contribution in [0.5, 0.6) is 0 Å². The molecule has 136 valence electrons. The maximum absolute atomic E-state index is 12.5. The van der Waals surface area contributed by atoms with Crippen molar-refractivity contribution in [2.45, 2.75) is 44.6 Å². The summed E-state index contributed by atoms with van der Waals surface area (Å²) in [5.74, 6) is 0.381. The number of amides is 2. The van der Waals surface area contributed by atoms with Crippen molar-refractivity contribution < 1.29 is 14.3 Å². The van der Waals surface area contributed by atoms with Crippen molar-refractivity contribution >= 4 is 11.8 Å². The Balaban J connectivity index is 1.36. The summed E-state index contributed by atoms with van der Waals surface area (Å²) >= 11 is 0. The van der Waals surface area contributed by atoms with Gasteiger partial charge in [0.15, 0.2) is 0 Å².